The summed E-state index contributed by atoms with van der Waals surface area (Å²) >= 11 is 0. The standard InChI is InChI=1S/C22H16FN3O/c23-20-9-5-4-8-19(20)22(27)26(14-16-6-2-1-3-7-16)18-10-11-21-17(12-18)13-24-15-25-21/h1-13,15H,14H2. The fourth-order valence-corrected chi connectivity index (χ4v) is 2.97. The molecular weight excluding hydrogens is 341 g/mol. The van der Waals surface area contributed by atoms with Crippen molar-refractivity contribution in [1.82, 2.24) is 9.97 Å². The number of nitrogens with zero attached hydrogens (tertiary/aromatic N) is 3. The van der Waals surface area contributed by atoms with Gasteiger partial charge in [0.15, 0.2) is 0 Å². The van der Waals surface area contributed by atoms with Gasteiger partial charge in [-0.2, -0.15) is 0 Å². The van der Waals surface area contributed by atoms with Crippen molar-refractivity contribution in [2.24, 2.45) is 0 Å². The van der Waals surface area contributed by atoms with E-state index in [2.05, 4.69) is 9.97 Å². The molecule has 1 heterocycles. The van der Waals surface area contributed by atoms with Crippen LogP contribution in [0, 0.1) is 5.82 Å². The molecule has 0 N–H and O–H groups in total. The van der Waals surface area contributed by atoms with Crippen molar-refractivity contribution < 1.29 is 9.18 Å². The first kappa shape index (κ1) is 16.8. The molecule has 0 aliphatic heterocycles. The minimum absolute atomic E-state index is 0.0397. The predicted octanol–water partition coefficient (Wildman–Crippen LogP) is 4.62. The van der Waals surface area contributed by atoms with Crippen LogP contribution in [0.2, 0.25) is 0 Å². The van der Waals surface area contributed by atoms with Gasteiger partial charge >= 0.3 is 0 Å². The topological polar surface area (TPSA) is 46.1 Å². The van der Waals surface area contributed by atoms with E-state index in [0.29, 0.717) is 12.2 Å². The van der Waals surface area contributed by atoms with E-state index in [4.69, 9.17) is 0 Å². The van der Waals surface area contributed by atoms with Gasteiger partial charge in [-0.15, -0.1) is 0 Å². The Morgan fingerprint density at radius 1 is 0.963 bits per heavy atom. The minimum Gasteiger partial charge on any atom is -0.304 e. The zero-order valence-electron chi connectivity index (χ0n) is 14.4. The first-order chi connectivity index (χ1) is 13.2. The van der Waals surface area contributed by atoms with Crippen LogP contribution in [0.25, 0.3) is 10.9 Å². The smallest absolute Gasteiger partial charge is 0.261 e. The summed E-state index contributed by atoms with van der Waals surface area (Å²) in [7, 11) is 0. The van der Waals surface area contributed by atoms with Crippen LogP contribution in [-0.2, 0) is 6.54 Å². The second-order valence-corrected chi connectivity index (χ2v) is 6.12. The van der Waals surface area contributed by atoms with Crippen LogP contribution in [0.15, 0.2) is 85.3 Å². The molecular formula is C22H16FN3O. The summed E-state index contributed by atoms with van der Waals surface area (Å²) < 4.78 is 14.2. The summed E-state index contributed by atoms with van der Waals surface area (Å²) in [4.78, 5) is 23.0. The monoisotopic (exact) mass is 357 g/mol. The highest BCUT2D eigenvalue weighted by Gasteiger charge is 2.21. The van der Waals surface area contributed by atoms with Gasteiger partial charge in [0.1, 0.15) is 12.1 Å². The molecule has 0 unspecified atom stereocenters. The van der Waals surface area contributed by atoms with Crippen molar-refractivity contribution >= 4 is 22.5 Å². The zero-order valence-corrected chi connectivity index (χ0v) is 14.4. The van der Waals surface area contributed by atoms with Crippen LogP contribution < -0.4 is 4.90 Å². The molecule has 5 heteroatoms. The number of hydrogen-bond donors (Lipinski definition) is 0. The summed E-state index contributed by atoms with van der Waals surface area (Å²) in [5.41, 5.74) is 2.44. The molecule has 1 aromatic heterocycles. The fraction of sp³-hybridized carbons (Fsp3) is 0.0455. The predicted molar refractivity (Wildman–Crippen MR) is 103 cm³/mol. The van der Waals surface area contributed by atoms with Gasteiger partial charge in [-0.3, -0.25) is 4.79 Å². The van der Waals surface area contributed by atoms with Gasteiger partial charge in [0.25, 0.3) is 5.91 Å². The Hall–Kier alpha value is -3.60. The van der Waals surface area contributed by atoms with Crippen molar-refractivity contribution in [1.29, 1.82) is 0 Å². The molecule has 0 saturated heterocycles. The summed E-state index contributed by atoms with van der Waals surface area (Å²) in [6.07, 6.45) is 3.17. The second-order valence-electron chi connectivity index (χ2n) is 6.12. The van der Waals surface area contributed by atoms with Gasteiger partial charge in [0.05, 0.1) is 17.6 Å². The number of aromatic nitrogens is 2. The molecule has 132 valence electrons. The lowest BCUT2D eigenvalue weighted by atomic mass is 10.1. The number of carbonyl (C=O) groups excluding carboxylic acids is 1. The van der Waals surface area contributed by atoms with Crippen LogP contribution in [0.1, 0.15) is 15.9 Å². The average Bonchev–Trinajstić information content (AvgIpc) is 2.72. The molecule has 0 saturated carbocycles. The number of rotatable bonds is 4. The summed E-state index contributed by atoms with van der Waals surface area (Å²) in [6.45, 7) is 0.327. The van der Waals surface area contributed by atoms with E-state index in [-0.39, 0.29) is 5.56 Å². The van der Waals surface area contributed by atoms with Gasteiger partial charge in [0.2, 0.25) is 0 Å². The van der Waals surface area contributed by atoms with Crippen molar-refractivity contribution in [2.75, 3.05) is 4.90 Å². The fourth-order valence-electron chi connectivity index (χ4n) is 2.97. The quantitative estimate of drug-likeness (QED) is 0.535. The minimum atomic E-state index is -0.537. The van der Waals surface area contributed by atoms with E-state index in [1.54, 1.807) is 23.2 Å². The molecule has 0 spiro atoms. The van der Waals surface area contributed by atoms with Crippen LogP contribution >= 0.6 is 0 Å². The third-order valence-electron chi connectivity index (χ3n) is 4.33. The van der Waals surface area contributed by atoms with E-state index in [1.807, 2.05) is 48.5 Å². The highest BCUT2D eigenvalue weighted by Crippen LogP contribution is 2.25. The Labute approximate surface area is 155 Å². The van der Waals surface area contributed by atoms with Gasteiger partial charge in [-0.05, 0) is 35.9 Å². The number of fused-ring (bicyclic) bond motifs is 1. The maximum Gasteiger partial charge on any atom is 0.261 e. The normalized spacial score (nSPS) is 10.7. The molecule has 1 amide bonds. The lowest BCUT2D eigenvalue weighted by Gasteiger charge is -2.24. The summed E-state index contributed by atoms with van der Waals surface area (Å²) in [6, 6.07) is 21.1. The first-order valence-corrected chi connectivity index (χ1v) is 8.52. The molecule has 0 bridgehead atoms. The Balaban J connectivity index is 1.79. The lowest BCUT2D eigenvalue weighted by molar-refractivity contribution is 0.0981. The molecule has 4 nitrogen and oxygen atoms in total. The van der Waals surface area contributed by atoms with E-state index in [1.165, 1.54) is 18.5 Å². The number of halogens is 1. The first-order valence-electron chi connectivity index (χ1n) is 8.52. The largest absolute Gasteiger partial charge is 0.304 e. The van der Waals surface area contributed by atoms with Crippen molar-refractivity contribution in [3.8, 4) is 0 Å². The Bertz CT molecular complexity index is 1100. The van der Waals surface area contributed by atoms with E-state index < -0.39 is 11.7 Å². The van der Waals surface area contributed by atoms with Crippen LogP contribution in [0.4, 0.5) is 10.1 Å². The highest BCUT2D eigenvalue weighted by molar-refractivity contribution is 6.07. The lowest BCUT2D eigenvalue weighted by Crippen LogP contribution is -2.31. The molecule has 0 aliphatic rings. The van der Waals surface area contributed by atoms with Crippen LogP contribution in [-0.4, -0.2) is 15.9 Å². The number of hydrogen-bond acceptors (Lipinski definition) is 3. The number of amides is 1. The van der Waals surface area contributed by atoms with Crippen LogP contribution in [0.3, 0.4) is 0 Å². The molecule has 0 fully saturated rings. The molecule has 0 atom stereocenters. The van der Waals surface area contributed by atoms with E-state index >= 15 is 0 Å². The van der Waals surface area contributed by atoms with Crippen molar-refractivity contribution in [2.45, 2.75) is 6.54 Å². The van der Waals surface area contributed by atoms with Gasteiger partial charge < -0.3 is 4.90 Å². The van der Waals surface area contributed by atoms with Gasteiger partial charge in [-0.1, -0.05) is 42.5 Å². The number of carbonyl (C=O) groups is 1. The molecule has 0 aliphatic carbocycles. The second kappa shape index (κ2) is 7.33. The van der Waals surface area contributed by atoms with E-state index in [0.717, 1.165) is 16.5 Å². The molecule has 4 aromatic rings. The molecule has 4 rings (SSSR count). The molecule has 27 heavy (non-hydrogen) atoms. The van der Waals surface area contributed by atoms with Gasteiger partial charge in [-0.25, -0.2) is 14.4 Å². The molecule has 0 radical (unpaired) electrons. The van der Waals surface area contributed by atoms with Crippen molar-refractivity contribution in [3.63, 3.8) is 0 Å². The maximum absolute atomic E-state index is 14.2. The Morgan fingerprint density at radius 3 is 2.56 bits per heavy atom. The Kier molecular flexibility index (Phi) is 4.58. The van der Waals surface area contributed by atoms with Gasteiger partial charge in [0, 0.05) is 17.3 Å². The SMILES string of the molecule is O=C(c1ccccc1F)N(Cc1ccccc1)c1ccc2ncncc2c1. The van der Waals surface area contributed by atoms with Crippen molar-refractivity contribution in [3.05, 3.63) is 102 Å². The van der Waals surface area contributed by atoms with E-state index in [9.17, 15) is 9.18 Å². The third-order valence-corrected chi connectivity index (χ3v) is 4.33. The summed E-state index contributed by atoms with van der Waals surface area (Å²) in [5.74, 6) is -0.933. The molecule has 3 aromatic carbocycles. The highest BCUT2D eigenvalue weighted by atomic mass is 19.1. The maximum atomic E-state index is 14.2. The number of anilines is 1. The average molecular weight is 357 g/mol. The summed E-state index contributed by atoms with van der Waals surface area (Å²) in [5, 5.41) is 0.814. The number of benzene rings is 3. The third kappa shape index (κ3) is 3.53. The van der Waals surface area contributed by atoms with Crippen LogP contribution in [0.5, 0.6) is 0 Å². The zero-order chi connectivity index (χ0) is 18.6. The Morgan fingerprint density at radius 2 is 1.74 bits per heavy atom.